The molecule has 0 saturated carbocycles. The second-order valence-corrected chi connectivity index (χ2v) is 4.80. The van der Waals surface area contributed by atoms with Gasteiger partial charge in [-0.15, -0.1) is 0 Å². The normalized spacial score (nSPS) is 11.3. The number of benzene rings is 1. The van der Waals surface area contributed by atoms with E-state index < -0.39 is 34.1 Å². The summed E-state index contributed by atoms with van der Waals surface area (Å²) in [4.78, 5) is 21.6. The number of carbonyl (C=O) groups is 1. The molecule has 0 aliphatic rings. The molecule has 0 aliphatic heterocycles. The lowest BCUT2D eigenvalue weighted by Crippen LogP contribution is -2.19. The summed E-state index contributed by atoms with van der Waals surface area (Å²) in [6.45, 7) is -0.391. The van der Waals surface area contributed by atoms with Gasteiger partial charge in [0.05, 0.1) is 15.5 Å². The van der Waals surface area contributed by atoms with Gasteiger partial charge in [-0.25, -0.2) is 0 Å². The van der Waals surface area contributed by atoms with E-state index in [1.807, 2.05) is 0 Å². The highest BCUT2D eigenvalue weighted by Crippen LogP contribution is 2.36. The number of amides is 1. The third-order valence-electron chi connectivity index (χ3n) is 2.69. The summed E-state index contributed by atoms with van der Waals surface area (Å²) < 4.78 is 39.1. The van der Waals surface area contributed by atoms with Crippen LogP contribution < -0.4 is 5.32 Å². The van der Waals surface area contributed by atoms with Crippen LogP contribution in [0.5, 0.6) is 0 Å². The lowest BCUT2D eigenvalue weighted by molar-refractivity contribution is -0.385. The lowest BCUT2D eigenvalue weighted by atomic mass is 10.2. The Morgan fingerprint density at radius 3 is 2.70 bits per heavy atom. The molecule has 1 amide bonds. The molecule has 1 heterocycles. The van der Waals surface area contributed by atoms with Crippen LogP contribution in [0.3, 0.4) is 0 Å². The standard InChI is InChI=1S/C12H8ClF3N4O3/c13-10-2-1-7(3-9(10)12(14,15)16)18-11(21)6-19-5-8(4-17-19)20(22)23/h1-5H,6H2,(H,18,21). The van der Waals surface area contributed by atoms with E-state index in [1.165, 1.54) is 6.07 Å². The summed E-state index contributed by atoms with van der Waals surface area (Å²) in [7, 11) is 0. The quantitative estimate of drug-likeness (QED) is 0.679. The molecule has 1 aromatic heterocycles. The number of anilines is 1. The number of carbonyl (C=O) groups excluding carboxylic acids is 1. The SMILES string of the molecule is O=C(Cn1cc([N+](=O)[O-])cn1)Nc1ccc(Cl)c(C(F)(F)F)c1. The van der Waals surface area contributed by atoms with Crippen molar-refractivity contribution in [3.05, 3.63) is 51.3 Å². The smallest absolute Gasteiger partial charge is 0.324 e. The molecule has 23 heavy (non-hydrogen) atoms. The van der Waals surface area contributed by atoms with Crippen molar-refractivity contribution in [3.8, 4) is 0 Å². The molecule has 0 saturated heterocycles. The van der Waals surface area contributed by atoms with Crippen molar-refractivity contribution in [2.75, 3.05) is 5.32 Å². The van der Waals surface area contributed by atoms with Crippen molar-refractivity contribution in [3.63, 3.8) is 0 Å². The molecule has 0 unspecified atom stereocenters. The highest BCUT2D eigenvalue weighted by atomic mass is 35.5. The van der Waals surface area contributed by atoms with Gasteiger partial charge in [0.15, 0.2) is 0 Å². The molecule has 0 bridgehead atoms. The number of nitro groups is 1. The monoisotopic (exact) mass is 348 g/mol. The van der Waals surface area contributed by atoms with Gasteiger partial charge in [0, 0.05) is 5.69 Å². The number of rotatable bonds is 4. The van der Waals surface area contributed by atoms with Gasteiger partial charge < -0.3 is 5.32 Å². The summed E-state index contributed by atoms with van der Waals surface area (Å²) in [5.41, 5.74) is -1.48. The first-order valence-corrected chi connectivity index (χ1v) is 6.38. The second kappa shape index (κ2) is 6.24. The predicted molar refractivity (Wildman–Crippen MR) is 74.0 cm³/mol. The molecular formula is C12H8ClF3N4O3. The largest absolute Gasteiger partial charge is 0.417 e. The molecule has 0 spiro atoms. The zero-order valence-corrected chi connectivity index (χ0v) is 11.9. The van der Waals surface area contributed by atoms with E-state index in [2.05, 4.69) is 10.4 Å². The van der Waals surface area contributed by atoms with Crippen LogP contribution in [0.15, 0.2) is 30.6 Å². The minimum Gasteiger partial charge on any atom is -0.324 e. The predicted octanol–water partition coefficient (Wildman–Crippen LogP) is 3.10. The molecule has 1 N–H and O–H groups in total. The van der Waals surface area contributed by atoms with Gasteiger partial charge in [-0.2, -0.15) is 18.3 Å². The maximum Gasteiger partial charge on any atom is 0.417 e. The first-order valence-electron chi connectivity index (χ1n) is 6.00. The Morgan fingerprint density at radius 2 is 2.13 bits per heavy atom. The topological polar surface area (TPSA) is 90.1 Å². The highest BCUT2D eigenvalue weighted by molar-refractivity contribution is 6.31. The summed E-state index contributed by atoms with van der Waals surface area (Å²) in [5, 5.41) is 15.8. The fourth-order valence-corrected chi connectivity index (χ4v) is 1.93. The zero-order valence-electron chi connectivity index (χ0n) is 11.2. The number of nitrogens with zero attached hydrogens (tertiary/aromatic N) is 3. The Balaban J connectivity index is 2.09. The number of nitrogens with one attached hydrogen (secondary N) is 1. The third kappa shape index (κ3) is 4.19. The Hall–Kier alpha value is -2.62. The summed E-state index contributed by atoms with van der Waals surface area (Å²) in [6.07, 6.45) is -2.67. The number of hydrogen-bond acceptors (Lipinski definition) is 4. The Kier molecular flexibility index (Phi) is 4.55. The fourth-order valence-electron chi connectivity index (χ4n) is 1.70. The molecule has 0 atom stereocenters. The lowest BCUT2D eigenvalue weighted by Gasteiger charge is -2.11. The minimum absolute atomic E-state index is 0.103. The van der Waals surface area contributed by atoms with Crippen molar-refractivity contribution in [1.82, 2.24) is 9.78 Å². The van der Waals surface area contributed by atoms with E-state index in [1.54, 1.807) is 0 Å². The number of alkyl halides is 3. The summed E-state index contributed by atoms with van der Waals surface area (Å²) >= 11 is 5.47. The minimum atomic E-state index is -4.65. The van der Waals surface area contributed by atoms with Crippen LogP contribution in [0.25, 0.3) is 0 Å². The molecule has 7 nitrogen and oxygen atoms in total. The van der Waals surface area contributed by atoms with Gasteiger partial charge in [-0.1, -0.05) is 11.6 Å². The Labute approximate surface area is 131 Å². The molecule has 0 fully saturated rings. The molecule has 0 aliphatic carbocycles. The molecule has 11 heteroatoms. The van der Waals surface area contributed by atoms with E-state index in [4.69, 9.17) is 11.6 Å². The maximum atomic E-state index is 12.7. The van der Waals surface area contributed by atoms with Crippen molar-refractivity contribution in [1.29, 1.82) is 0 Å². The highest BCUT2D eigenvalue weighted by Gasteiger charge is 2.33. The molecule has 2 aromatic rings. The van der Waals surface area contributed by atoms with Crippen molar-refractivity contribution in [2.24, 2.45) is 0 Å². The van der Waals surface area contributed by atoms with Crippen LogP contribution in [0.4, 0.5) is 24.5 Å². The van der Waals surface area contributed by atoms with E-state index in [0.29, 0.717) is 6.07 Å². The maximum absolute atomic E-state index is 12.7. The first kappa shape index (κ1) is 16.7. The van der Waals surface area contributed by atoms with Gasteiger partial charge in [0.2, 0.25) is 5.91 Å². The van der Waals surface area contributed by atoms with Crippen LogP contribution >= 0.6 is 11.6 Å². The fraction of sp³-hybridized carbons (Fsp3) is 0.167. The van der Waals surface area contributed by atoms with Crippen LogP contribution in [0.1, 0.15) is 5.56 Å². The molecule has 0 radical (unpaired) electrons. The van der Waals surface area contributed by atoms with Crippen LogP contribution in [-0.2, 0) is 17.5 Å². The molecule has 1 aromatic carbocycles. The van der Waals surface area contributed by atoms with Crippen LogP contribution in [-0.4, -0.2) is 20.6 Å². The zero-order chi connectivity index (χ0) is 17.2. The number of hydrogen-bond donors (Lipinski definition) is 1. The Bertz CT molecular complexity index is 760. The molecular weight excluding hydrogens is 341 g/mol. The average molecular weight is 349 g/mol. The summed E-state index contributed by atoms with van der Waals surface area (Å²) in [5.74, 6) is -0.696. The van der Waals surface area contributed by atoms with Crippen LogP contribution in [0.2, 0.25) is 5.02 Å². The van der Waals surface area contributed by atoms with Crippen LogP contribution in [0, 0.1) is 10.1 Å². The molecule has 122 valence electrons. The van der Waals surface area contributed by atoms with Gasteiger partial charge >= 0.3 is 11.9 Å². The second-order valence-electron chi connectivity index (χ2n) is 4.39. The third-order valence-corrected chi connectivity index (χ3v) is 3.02. The van der Waals surface area contributed by atoms with E-state index in [-0.39, 0.29) is 11.4 Å². The number of halogens is 4. The van der Waals surface area contributed by atoms with Gasteiger partial charge in [0.25, 0.3) is 0 Å². The van der Waals surface area contributed by atoms with E-state index >= 15 is 0 Å². The van der Waals surface area contributed by atoms with Crippen molar-refractivity contribution in [2.45, 2.75) is 12.7 Å². The van der Waals surface area contributed by atoms with Crippen molar-refractivity contribution < 1.29 is 22.9 Å². The first-order chi connectivity index (χ1) is 10.7. The van der Waals surface area contributed by atoms with Gasteiger partial charge in [-0.05, 0) is 18.2 Å². The van der Waals surface area contributed by atoms with Gasteiger partial charge in [0.1, 0.15) is 18.9 Å². The Morgan fingerprint density at radius 1 is 1.43 bits per heavy atom. The average Bonchev–Trinajstić information content (AvgIpc) is 2.88. The van der Waals surface area contributed by atoms with E-state index in [0.717, 1.165) is 23.1 Å². The number of aromatic nitrogens is 2. The van der Waals surface area contributed by atoms with Crippen molar-refractivity contribution >= 4 is 28.9 Å². The molecule has 2 rings (SSSR count). The summed E-state index contributed by atoms with van der Waals surface area (Å²) in [6, 6.07) is 2.92. The van der Waals surface area contributed by atoms with E-state index in [9.17, 15) is 28.1 Å². The van der Waals surface area contributed by atoms with Gasteiger partial charge in [-0.3, -0.25) is 19.6 Å².